The van der Waals surface area contributed by atoms with Gasteiger partial charge in [-0.25, -0.2) is 4.98 Å². The summed E-state index contributed by atoms with van der Waals surface area (Å²) >= 11 is 0. The molecule has 0 spiro atoms. The molecule has 1 aromatic carbocycles. The number of rotatable bonds is 3. The summed E-state index contributed by atoms with van der Waals surface area (Å²) in [6, 6.07) is 8.87. The Hall–Kier alpha value is -1.85. The van der Waals surface area contributed by atoms with Crippen molar-refractivity contribution in [3.05, 3.63) is 30.5 Å². The number of aromatic nitrogens is 1. The van der Waals surface area contributed by atoms with Gasteiger partial charge in [-0.3, -0.25) is 0 Å². The Morgan fingerprint density at radius 1 is 1.08 bits per heavy atom. The monoisotopic (exact) mass is 326 g/mol. The first-order valence-corrected chi connectivity index (χ1v) is 9.07. The number of hydrogen-bond donors (Lipinski definition) is 2. The molecule has 4 rings (SSSR count). The predicted octanol–water partition coefficient (Wildman–Crippen LogP) is 2.29. The SMILES string of the molecule is NC1CCN(c2cccc3ccnc(OC4CCNCC4)c23)CC1. The van der Waals surface area contributed by atoms with Gasteiger partial charge >= 0.3 is 0 Å². The fraction of sp³-hybridized carbons (Fsp3) is 0.526. The van der Waals surface area contributed by atoms with Crippen LogP contribution in [-0.2, 0) is 0 Å². The molecule has 2 fully saturated rings. The molecule has 0 saturated carbocycles. The van der Waals surface area contributed by atoms with E-state index in [9.17, 15) is 0 Å². The second-order valence-corrected chi connectivity index (χ2v) is 6.88. The van der Waals surface area contributed by atoms with E-state index in [1.807, 2.05) is 6.20 Å². The van der Waals surface area contributed by atoms with Gasteiger partial charge in [-0.15, -0.1) is 0 Å². The Balaban J connectivity index is 1.68. The molecule has 24 heavy (non-hydrogen) atoms. The lowest BCUT2D eigenvalue weighted by Gasteiger charge is -2.33. The van der Waals surface area contributed by atoms with Crippen LogP contribution in [0.25, 0.3) is 10.8 Å². The molecule has 128 valence electrons. The van der Waals surface area contributed by atoms with Crippen LogP contribution >= 0.6 is 0 Å². The molecule has 5 nitrogen and oxygen atoms in total. The van der Waals surface area contributed by atoms with E-state index in [0.717, 1.165) is 63.1 Å². The quantitative estimate of drug-likeness (QED) is 0.906. The van der Waals surface area contributed by atoms with Gasteiger partial charge in [0.15, 0.2) is 0 Å². The van der Waals surface area contributed by atoms with Gasteiger partial charge in [0.2, 0.25) is 5.88 Å². The van der Waals surface area contributed by atoms with Crippen LogP contribution in [0.15, 0.2) is 30.5 Å². The second-order valence-electron chi connectivity index (χ2n) is 6.88. The predicted molar refractivity (Wildman–Crippen MR) is 97.7 cm³/mol. The zero-order valence-corrected chi connectivity index (χ0v) is 14.1. The first kappa shape index (κ1) is 15.7. The molecule has 0 unspecified atom stereocenters. The van der Waals surface area contributed by atoms with Gasteiger partial charge in [-0.2, -0.15) is 0 Å². The summed E-state index contributed by atoms with van der Waals surface area (Å²) in [5.74, 6) is 0.782. The molecule has 2 aliphatic rings. The number of nitrogens with two attached hydrogens (primary N) is 1. The highest BCUT2D eigenvalue weighted by Crippen LogP contribution is 2.35. The highest BCUT2D eigenvalue weighted by molar-refractivity contribution is 5.98. The summed E-state index contributed by atoms with van der Waals surface area (Å²) < 4.78 is 6.32. The first-order valence-electron chi connectivity index (χ1n) is 9.07. The molecule has 0 amide bonds. The number of nitrogens with zero attached hydrogens (tertiary/aromatic N) is 2. The van der Waals surface area contributed by atoms with Crippen molar-refractivity contribution in [1.82, 2.24) is 10.3 Å². The zero-order chi connectivity index (χ0) is 16.4. The van der Waals surface area contributed by atoms with E-state index < -0.39 is 0 Å². The van der Waals surface area contributed by atoms with Crippen molar-refractivity contribution in [2.24, 2.45) is 5.73 Å². The van der Waals surface area contributed by atoms with Gasteiger partial charge in [0.05, 0.1) is 11.1 Å². The molecule has 0 atom stereocenters. The Morgan fingerprint density at radius 3 is 2.67 bits per heavy atom. The normalized spacial score (nSPS) is 20.5. The number of ether oxygens (including phenoxy) is 1. The minimum atomic E-state index is 0.257. The van der Waals surface area contributed by atoms with Gasteiger partial charge in [0.25, 0.3) is 0 Å². The summed E-state index contributed by atoms with van der Waals surface area (Å²) in [7, 11) is 0. The molecular weight excluding hydrogens is 300 g/mol. The number of pyridine rings is 1. The standard InChI is InChI=1S/C19H26N4O/c20-15-7-12-23(13-8-15)17-3-1-2-14-4-11-22-19(18(14)17)24-16-5-9-21-10-6-16/h1-4,11,15-16,21H,5-10,12-13,20H2. The third kappa shape index (κ3) is 3.19. The third-order valence-electron chi connectivity index (χ3n) is 5.18. The van der Waals surface area contributed by atoms with Crippen molar-refractivity contribution in [2.75, 3.05) is 31.1 Å². The lowest BCUT2D eigenvalue weighted by atomic mass is 10.0. The first-order chi connectivity index (χ1) is 11.8. The smallest absolute Gasteiger partial charge is 0.223 e. The van der Waals surface area contributed by atoms with Crippen molar-refractivity contribution >= 4 is 16.5 Å². The van der Waals surface area contributed by atoms with Crippen LogP contribution in [0.4, 0.5) is 5.69 Å². The van der Waals surface area contributed by atoms with E-state index in [4.69, 9.17) is 10.5 Å². The number of fused-ring (bicyclic) bond motifs is 1. The number of hydrogen-bond acceptors (Lipinski definition) is 5. The van der Waals surface area contributed by atoms with E-state index >= 15 is 0 Å². The Bertz CT molecular complexity index is 686. The van der Waals surface area contributed by atoms with Crippen LogP contribution in [0.1, 0.15) is 25.7 Å². The van der Waals surface area contributed by atoms with E-state index in [1.54, 1.807) is 0 Å². The fourth-order valence-corrected chi connectivity index (χ4v) is 3.74. The highest BCUT2D eigenvalue weighted by atomic mass is 16.5. The van der Waals surface area contributed by atoms with Gasteiger partial charge < -0.3 is 20.7 Å². The molecular formula is C19H26N4O. The van der Waals surface area contributed by atoms with Crippen molar-refractivity contribution < 1.29 is 4.74 Å². The third-order valence-corrected chi connectivity index (χ3v) is 5.18. The van der Waals surface area contributed by atoms with Gasteiger partial charge in [-0.1, -0.05) is 12.1 Å². The summed E-state index contributed by atoms with van der Waals surface area (Å²) in [5.41, 5.74) is 7.30. The zero-order valence-electron chi connectivity index (χ0n) is 14.1. The van der Waals surface area contributed by atoms with Crippen LogP contribution in [0.2, 0.25) is 0 Å². The molecule has 3 heterocycles. The number of piperidine rings is 2. The van der Waals surface area contributed by atoms with Crippen LogP contribution in [0.3, 0.4) is 0 Å². The van der Waals surface area contributed by atoms with E-state index in [1.165, 1.54) is 11.1 Å². The van der Waals surface area contributed by atoms with Crippen molar-refractivity contribution in [2.45, 2.75) is 37.8 Å². The highest BCUT2D eigenvalue weighted by Gasteiger charge is 2.22. The lowest BCUT2D eigenvalue weighted by molar-refractivity contribution is 0.158. The van der Waals surface area contributed by atoms with Gasteiger partial charge in [0.1, 0.15) is 6.10 Å². The molecule has 3 N–H and O–H groups in total. The second kappa shape index (κ2) is 6.95. The van der Waals surface area contributed by atoms with E-state index in [0.29, 0.717) is 6.04 Å². The maximum Gasteiger partial charge on any atom is 0.223 e. The lowest BCUT2D eigenvalue weighted by Crippen LogP contribution is -2.39. The average molecular weight is 326 g/mol. The van der Waals surface area contributed by atoms with Crippen molar-refractivity contribution in [1.29, 1.82) is 0 Å². The van der Waals surface area contributed by atoms with Crippen LogP contribution in [0.5, 0.6) is 5.88 Å². The minimum Gasteiger partial charge on any atom is -0.474 e. The maximum atomic E-state index is 6.32. The molecule has 2 saturated heterocycles. The molecule has 2 aliphatic heterocycles. The van der Waals surface area contributed by atoms with Crippen molar-refractivity contribution in [3.8, 4) is 5.88 Å². The Labute approximate surface area is 143 Å². The number of benzene rings is 1. The summed E-state index contributed by atoms with van der Waals surface area (Å²) in [5, 5.41) is 5.73. The Morgan fingerprint density at radius 2 is 1.88 bits per heavy atom. The Kier molecular flexibility index (Phi) is 4.54. The van der Waals surface area contributed by atoms with E-state index in [-0.39, 0.29) is 6.10 Å². The number of nitrogens with one attached hydrogen (secondary N) is 1. The molecule has 0 bridgehead atoms. The largest absolute Gasteiger partial charge is 0.474 e. The summed E-state index contributed by atoms with van der Waals surface area (Å²) in [6.07, 6.45) is 6.28. The fourth-order valence-electron chi connectivity index (χ4n) is 3.74. The molecule has 1 aromatic heterocycles. The van der Waals surface area contributed by atoms with Gasteiger partial charge in [-0.05, 0) is 56.3 Å². The molecule has 0 aliphatic carbocycles. The summed E-state index contributed by atoms with van der Waals surface area (Å²) in [6.45, 7) is 4.04. The minimum absolute atomic E-state index is 0.257. The molecule has 2 aromatic rings. The number of anilines is 1. The van der Waals surface area contributed by atoms with Crippen LogP contribution in [-0.4, -0.2) is 43.3 Å². The van der Waals surface area contributed by atoms with Gasteiger partial charge in [0, 0.05) is 25.3 Å². The van der Waals surface area contributed by atoms with Crippen LogP contribution < -0.4 is 20.7 Å². The van der Waals surface area contributed by atoms with E-state index in [2.05, 4.69) is 39.5 Å². The van der Waals surface area contributed by atoms with Crippen molar-refractivity contribution in [3.63, 3.8) is 0 Å². The molecule has 5 heteroatoms. The summed E-state index contributed by atoms with van der Waals surface area (Å²) in [4.78, 5) is 7.01. The molecule has 0 radical (unpaired) electrons. The average Bonchev–Trinajstić information content (AvgIpc) is 2.63. The van der Waals surface area contributed by atoms with Crippen LogP contribution in [0, 0.1) is 0 Å². The topological polar surface area (TPSA) is 63.4 Å². The maximum absolute atomic E-state index is 6.32.